The van der Waals surface area contributed by atoms with Gasteiger partial charge in [-0.1, -0.05) is 42.5 Å². The van der Waals surface area contributed by atoms with Crippen LogP contribution in [0.4, 0.5) is 11.4 Å². The third-order valence-electron chi connectivity index (χ3n) is 6.49. The van der Waals surface area contributed by atoms with Crippen molar-refractivity contribution in [3.63, 3.8) is 0 Å². The quantitative estimate of drug-likeness (QED) is 0.505. The number of hydrogen-bond donors (Lipinski definition) is 2. The topological polar surface area (TPSA) is 79.9 Å². The Morgan fingerprint density at radius 3 is 2.56 bits per heavy atom. The lowest BCUT2D eigenvalue weighted by molar-refractivity contribution is 0.0730. The SMILES string of the molecule is O=S(=O)(c1ccc(NC[C@@H]2CCCO2)c(NCc2cccc3ccccc23)c1)N1CCOCC1. The van der Waals surface area contributed by atoms with Crippen LogP contribution >= 0.6 is 0 Å². The van der Waals surface area contributed by atoms with Gasteiger partial charge in [0.05, 0.1) is 35.6 Å². The molecule has 0 aromatic heterocycles. The number of rotatable bonds is 8. The van der Waals surface area contributed by atoms with Crippen molar-refractivity contribution < 1.29 is 17.9 Å². The van der Waals surface area contributed by atoms with E-state index < -0.39 is 10.0 Å². The van der Waals surface area contributed by atoms with Gasteiger partial charge in [-0.15, -0.1) is 0 Å². The van der Waals surface area contributed by atoms with Crippen LogP contribution in [0.15, 0.2) is 65.6 Å². The number of ether oxygens (including phenoxy) is 2. The summed E-state index contributed by atoms with van der Waals surface area (Å²) in [5.74, 6) is 0. The normalized spacial score (nSPS) is 19.4. The molecular formula is C26H31N3O4S. The number of morpholine rings is 1. The van der Waals surface area contributed by atoms with E-state index in [4.69, 9.17) is 9.47 Å². The van der Waals surface area contributed by atoms with Crippen LogP contribution in [-0.4, -0.2) is 58.3 Å². The molecule has 3 aromatic rings. The number of fused-ring (bicyclic) bond motifs is 1. The summed E-state index contributed by atoms with van der Waals surface area (Å²) < 4.78 is 39.1. The third-order valence-corrected chi connectivity index (χ3v) is 8.39. The van der Waals surface area contributed by atoms with Crippen molar-refractivity contribution in [1.82, 2.24) is 4.31 Å². The molecule has 5 rings (SSSR count). The molecule has 0 spiro atoms. The molecule has 2 aliphatic heterocycles. The Morgan fingerprint density at radius 1 is 0.912 bits per heavy atom. The lowest BCUT2D eigenvalue weighted by Crippen LogP contribution is -2.40. The number of hydrogen-bond acceptors (Lipinski definition) is 6. The van der Waals surface area contributed by atoms with E-state index in [9.17, 15) is 8.42 Å². The zero-order valence-corrected chi connectivity index (χ0v) is 20.0. The number of anilines is 2. The van der Waals surface area contributed by atoms with Gasteiger partial charge in [-0.3, -0.25) is 0 Å². The Hall–Kier alpha value is -2.65. The van der Waals surface area contributed by atoms with Gasteiger partial charge in [0.15, 0.2) is 0 Å². The highest BCUT2D eigenvalue weighted by atomic mass is 32.2. The van der Waals surface area contributed by atoms with Gasteiger partial charge in [-0.05, 0) is 47.4 Å². The van der Waals surface area contributed by atoms with Crippen molar-refractivity contribution in [3.05, 3.63) is 66.2 Å². The Kier molecular flexibility index (Phi) is 7.01. The molecule has 180 valence electrons. The van der Waals surface area contributed by atoms with E-state index in [1.807, 2.05) is 18.2 Å². The molecule has 8 heteroatoms. The largest absolute Gasteiger partial charge is 0.381 e. The summed E-state index contributed by atoms with van der Waals surface area (Å²) in [5.41, 5.74) is 2.79. The van der Waals surface area contributed by atoms with Gasteiger partial charge in [-0.25, -0.2) is 8.42 Å². The van der Waals surface area contributed by atoms with Crippen LogP contribution in [0.25, 0.3) is 10.8 Å². The van der Waals surface area contributed by atoms with Gasteiger partial charge in [0.2, 0.25) is 10.0 Å². The van der Waals surface area contributed by atoms with Gasteiger partial charge in [-0.2, -0.15) is 4.31 Å². The molecule has 3 aromatic carbocycles. The van der Waals surface area contributed by atoms with Crippen LogP contribution in [0, 0.1) is 0 Å². The number of nitrogens with zero attached hydrogens (tertiary/aromatic N) is 1. The Labute approximate surface area is 201 Å². The summed E-state index contributed by atoms with van der Waals surface area (Å²) in [6.07, 6.45) is 2.30. The van der Waals surface area contributed by atoms with Crippen molar-refractivity contribution in [3.8, 4) is 0 Å². The molecule has 34 heavy (non-hydrogen) atoms. The highest BCUT2D eigenvalue weighted by Gasteiger charge is 2.27. The van der Waals surface area contributed by atoms with Crippen LogP contribution in [-0.2, 0) is 26.0 Å². The average molecular weight is 482 g/mol. The molecule has 2 N–H and O–H groups in total. The van der Waals surface area contributed by atoms with Crippen LogP contribution < -0.4 is 10.6 Å². The summed E-state index contributed by atoms with van der Waals surface area (Å²) in [5, 5.41) is 9.34. The van der Waals surface area contributed by atoms with Crippen molar-refractivity contribution in [2.45, 2.75) is 30.4 Å². The molecule has 0 saturated carbocycles. The van der Waals surface area contributed by atoms with Crippen molar-refractivity contribution in [1.29, 1.82) is 0 Å². The van der Waals surface area contributed by atoms with Gasteiger partial charge >= 0.3 is 0 Å². The predicted octanol–water partition coefficient (Wildman–Crippen LogP) is 4.06. The fourth-order valence-corrected chi connectivity index (χ4v) is 6.02. The molecule has 2 heterocycles. The lowest BCUT2D eigenvalue weighted by Gasteiger charge is -2.26. The molecule has 2 saturated heterocycles. The van der Waals surface area contributed by atoms with Gasteiger partial charge in [0.1, 0.15) is 0 Å². The monoisotopic (exact) mass is 481 g/mol. The maximum Gasteiger partial charge on any atom is 0.243 e. The molecule has 0 bridgehead atoms. The fraction of sp³-hybridized carbons (Fsp3) is 0.385. The Morgan fingerprint density at radius 2 is 1.74 bits per heavy atom. The highest BCUT2D eigenvalue weighted by molar-refractivity contribution is 7.89. The van der Waals surface area contributed by atoms with E-state index in [0.717, 1.165) is 36.4 Å². The summed E-state index contributed by atoms with van der Waals surface area (Å²) in [6, 6.07) is 19.8. The maximum atomic E-state index is 13.3. The molecule has 7 nitrogen and oxygen atoms in total. The Balaban J connectivity index is 1.42. The van der Waals surface area contributed by atoms with E-state index >= 15 is 0 Å². The Bertz CT molecular complexity index is 1230. The van der Waals surface area contributed by atoms with Gasteiger partial charge in [0, 0.05) is 32.8 Å². The van der Waals surface area contributed by atoms with Crippen LogP contribution in [0.2, 0.25) is 0 Å². The number of benzene rings is 3. The smallest absolute Gasteiger partial charge is 0.243 e. The third kappa shape index (κ3) is 5.05. The summed E-state index contributed by atoms with van der Waals surface area (Å²) >= 11 is 0. The maximum absolute atomic E-state index is 13.3. The predicted molar refractivity (Wildman–Crippen MR) is 135 cm³/mol. The van der Waals surface area contributed by atoms with E-state index in [1.165, 1.54) is 15.1 Å². The molecule has 0 aliphatic carbocycles. The van der Waals surface area contributed by atoms with Crippen LogP contribution in [0.1, 0.15) is 18.4 Å². The minimum atomic E-state index is -3.59. The van der Waals surface area contributed by atoms with Gasteiger partial charge < -0.3 is 20.1 Å². The molecule has 2 fully saturated rings. The standard InChI is InChI=1S/C26H31N3O4S/c30-34(31,29-12-15-32-16-13-29)23-10-11-25(28-19-22-8-4-14-33-22)26(17-23)27-18-21-7-3-6-20-5-1-2-9-24(20)21/h1-3,5-7,9-11,17,22,27-28H,4,8,12-16,18-19H2/t22-/m0/s1. The first-order chi connectivity index (χ1) is 16.6. The lowest BCUT2D eigenvalue weighted by atomic mass is 10.0. The van der Waals surface area contributed by atoms with Crippen molar-refractivity contribution in [2.75, 3.05) is 50.1 Å². The van der Waals surface area contributed by atoms with Crippen LogP contribution in [0.3, 0.4) is 0 Å². The molecular weight excluding hydrogens is 450 g/mol. The first-order valence-corrected chi connectivity index (χ1v) is 13.3. The van der Waals surface area contributed by atoms with E-state index in [2.05, 4.69) is 41.0 Å². The van der Waals surface area contributed by atoms with Crippen molar-refractivity contribution in [2.24, 2.45) is 0 Å². The summed E-state index contributed by atoms with van der Waals surface area (Å²) in [6.45, 7) is 3.67. The highest BCUT2D eigenvalue weighted by Crippen LogP contribution is 2.29. The van der Waals surface area contributed by atoms with Crippen molar-refractivity contribution >= 4 is 32.2 Å². The van der Waals surface area contributed by atoms with E-state index in [0.29, 0.717) is 39.4 Å². The second kappa shape index (κ2) is 10.3. The summed E-state index contributed by atoms with van der Waals surface area (Å²) in [7, 11) is -3.59. The molecule has 2 aliphatic rings. The van der Waals surface area contributed by atoms with E-state index in [1.54, 1.807) is 12.1 Å². The first kappa shape index (κ1) is 23.1. The zero-order valence-electron chi connectivity index (χ0n) is 19.2. The molecule has 0 radical (unpaired) electrons. The second-order valence-corrected chi connectivity index (χ2v) is 10.7. The van der Waals surface area contributed by atoms with Gasteiger partial charge in [0.25, 0.3) is 0 Å². The zero-order chi connectivity index (χ0) is 23.4. The average Bonchev–Trinajstić information content (AvgIpc) is 3.40. The first-order valence-electron chi connectivity index (χ1n) is 11.9. The number of sulfonamides is 1. The molecule has 0 amide bonds. The summed E-state index contributed by atoms with van der Waals surface area (Å²) in [4.78, 5) is 0.289. The van der Waals surface area contributed by atoms with E-state index in [-0.39, 0.29) is 11.0 Å². The van der Waals surface area contributed by atoms with Crippen LogP contribution in [0.5, 0.6) is 0 Å². The minimum absolute atomic E-state index is 0.183. The minimum Gasteiger partial charge on any atom is -0.381 e. The molecule has 1 atom stereocenters. The fourth-order valence-electron chi connectivity index (χ4n) is 4.59. The second-order valence-electron chi connectivity index (χ2n) is 8.73. The molecule has 0 unspecified atom stereocenters. The number of nitrogens with one attached hydrogen (secondary N) is 2.